The van der Waals surface area contributed by atoms with Crippen LogP contribution in [0.1, 0.15) is 18.4 Å². The van der Waals surface area contributed by atoms with Gasteiger partial charge in [-0.3, -0.25) is 0 Å². The van der Waals surface area contributed by atoms with Gasteiger partial charge in [-0.2, -0.15) is 0 Å². The first-order chi connectivity index (χ1) is 4.84. The van der Waals surface area contributed by atoms with Crippen molar-refractivity contribution in [2.24, 2.45) is 0 Å². The Morgan fingerprint density at radius 1 is 1.30 bits per heavy atom. The molecule has 0 heterocycles. The molecule has 0 fully saturated rings. The van der Waals surface area contributed by atoms with Crippen LogP contribution in [0, 0.1) is 0 Å². The molecule has 0 bridgehead atoms. The van der Waals surface area contributed by atoms with Crippen LogP contribution in [-0.4, -0.2) is 16.3 Å². The molecule has 1 rings (SSSR count). The first-order valence-corrected chi connectivity index (χ1v) is 5.31. The lowest BCUT2D eigenvalue weighted by Crippen LogP contribution is -1.90. The summed E-state index contributed by atoms with van der Waals surface area (Å²) in [5.74, 6) is 0.771. The van der Waals surface area contributed by atoms with E-state index in [0.717, 1.165) is 5.92 Å². The van der Waals surface area contributed by atoms with E-state index in [1.165, 1.54) is 27.1 Å². The van der Waals surface area contributed by atoms with Gasteiger partial charge in [0.15, 0.2) is 0 Å². The first kappa shape index (κ1) is 7.86. The zero-order valence-corrected chi connectivity index (χ0v) is 8.67. The standard InChI is InChI=1S/C9H11.Al.2H/c1-8(2)9-6-4-3-5-7-9;;;/h3-8H,1H2,2H3;;;. The zero-order chi connectivity index (χ0) is 7.40. The predicted molar refractivity (Wildman–Crippen MR) is 48.2 cm³/mol. The smallest absolute Gasteiger partial charge is 0.0949 e. The van der Waals surface area contributed by atoms with E-state index in [-0.39, 0.29) is 0 Å². The van der Waals surface area contributed by atoms with E-state index in [1.54, 1.807) is 0 Å². The molecule has 10 heavy (non-hydrogen) atoms. The van der Waals surface area contributed by atoms with Gasteiger partial charge >= 0.3 is 0 Å². The van der Waals surface area contributed by atoms with Crippen molar-refractivity contribution in [3.63, 3.8) is 0 Å². The molecule has 0 spiro atoms. The van der Waals surface area contributed by atoms with Gasteiger partial charge in [-0.05, 0) is 11.5 Å². The van der Waals surface area contributed by atoms with Crippen molar-refractivity contribution in [3.05, 3.63) is 35.9 Å². The molecular formula is C9H13Al. The van der Waals surface area contributed by atoms with Crippen molar-refractivity contribution in [3.8, 4) is 0 Å². The minimum atomic E-state index is 0.771. The Morgan fingerprint density at radius 3 is 2.40 bits per heavy atom. The molecule has 1 aromatic carbocycles. The number of hydrogen-bond donors (Lipinski definition) is 0. The Morgan fingerprint density at radius 2 is 1.90 bits per heavy atom. The van der Waals surface area contributed by atoms with Crippen molar-refractivity contribution < 1.29 is 0 Å². The van der Waals surface area contributed by atoms with E-state index in [1.807, 2.05) is 0 Å². The molecule has 0 aliphatic carbocycles. The van der Waals surface area contributed by atoms with Crippen LogP contribution in [0.3, 0.4) is 0 Å². The second kappa shape index (κ2) is 3.81. The van der Waals surface area contributed by atoms with Crippen LogP contribution in [-0.2, 0) is 0 Å². The molecule has 1 heteroatoms. The highest BCUT2D eigenvalue weighted by Crippen LogP contribution is 2.16. The second-order valence-electron chi connectivity index (χ2n) is 2.72. The molecule has 0 amide bonds. The van der Waals surface area contributed by atoms with Crippen LogP contribution in [0.25, 0.3) is 0 Å². The van der Waals surface area contributed by atoms with Gasteiger partial charge in [0.25, 0.3) is 0 Å². The summed E-state index contributed by atoms with van der Waals surface area (Å²) in [4.78, 5) is 0. The van der Waals surface area contributed by atoms with Crippen LogP contribution in [0.5, 0.6) is 0 Å². The maximum Gasteiger partial charge on any atom is 0.212 e. The molecule has 1 unspecified atom stereocenters. The second-order valence-corrected chi connectivity index (χ2v) is 3.54. The van der Waals surface area contributed by atoms with E-state index in [9.17, 15) is 0 Å². The number of rotatable bonds is 2. The summed E-state index contributed by atoms with van der Waals surface area (Å²) in [7, 11) is 0. The van der Waals surface area contributed by atoms with Crippen molar-refractivity contribution in [2.45, 2.75) is 18.1 Å². The molecule has 52 valence electrons. The van der Waals surface area contributed by atoms with E-state index in [2.05, 4.69) is 37.3 Å². The molecule has 0 radical (unpaired) electrons. The van der Waals surface area contributed by atoms with Crippen molar-refractivity contribution in [2.75, 3.05) is 0 Å². The summed E-state index contributed by atoms with van der Waals surface area (Å²) in [6, 6.07) is 10.7. The summed E-state index contributed by atoms with van der Waals surface area (Å²) in [6.45, 7) is 2.29. The van der Waals surface area contributed by atoms with Gasteiger partial charge < -0.3 is 0 Å². The summed E-state index contributed by atoms with van der Waals surface area (Å²) < 4.78 is 0. The van der Waals surface area contributed by atoms with Crippen molar-refractivity contribution in [1.29, 1.82) is 0 Å². The molecule has 0 nitrogen and oxygen atoms in total. The summed E-state index contributed by atoms with van der Waals surface area (Å²) >= 11 is 1.31. The van der Waals surface area contributed by atoms with Gasteiger partial charge in [-0.1, -0.05) is 42.5 Å². The van der Waals surface area contributed by atoms with Gasteiger partial charge in [-0.25, -0.2) is 0 Å². The van der Waals surface area contributed by atoms with Crippen LogP contribution in [0.2, 0.25) is 5.28 Å². The Kier molecular flexibility index (Phi) is 2.99. The lowest BCUT2D eigenvalue weighted by Gasteiger charge is -2.06. The van der Waals surface area contributed by atoms with E-state index in [0.29, 0.717) is 0 Å². The maximum absolute atomic E-state index is 2.29. The van der Waals surface area contributed by atoms with Crippen LogP contribution >= 0.6 is 0 Å². The third-order valence-corrected chi connectivity index (χ3v) is 3.21. The van der Waals surface area contributed by atoms with Gasteiger partial charge in [0.1, 0.15) is 0 Å². The van der Waals surface area contributed by atoms with Gasteiger partial charge in [0.2, 0.25) is 16.3 Å². The monoisotopic (exact) mass is 148 g/mol. The summed E-state index contributed by atoms with van der Waals surface area (Å²) in [5, 5.41) is 1.37. The third kappa shape index (κ3) is 1.87. The van der Waals surface area contributed by atoms with Gasteiger partial charge in [-0.15, -0.1) is 0 Å². The van der Waals surface area contributed by atoms with E-state index >= 15 is 0 Å². The fourth-order valence-electron chi connectivity index (χ4n) is 1.02. The zero-order valence-electron chi connectivity index (χ0n) is 6.67. The Balaban J connectivity index is 2.75. The number of hydrogen-bond acceptors (Lipinski definition) is 0. The molecule has 1 aromatic rings. The molecule has 0 aliphatic heterocycles. The van der Waals surface area contributed by atoms with Gasteiger partial charge in [0, 0.05) is 0 Å². The molecule has 0 saturated heterocycles. The Labute approximate surface area is 70.7 Å². The minimum Gasteiger partial charge on any atom is -0.0949 e. The summed E-state index contributed by atoms with van der Waals surface area (Å²) in [5.41, 5.74) is 1.48. The van der Waals surface area contributed by atoms with Gasteiger partial charge in [0.05, 0.1) is 0 Å². The topological polar surface area (TPSA) is 0 Å². The molecular weight excluding hydrogens is 135 g/mol. The molecule has 0 aromatic heterocycles. The Hall–Kier alpha value is -0.248. The highest BCUT2D eigenvalue weighted by Gasteiger charge is 1.98. The summed E-state index contributed by atoms with van der Waals surface area (Å²) in [6.07, 6.45) is 0. The molecule has 1 atom stereocenters. The quantitative estimate of drug-likeness (QED) is 0.561. The molecule has 0 saturated carbocycles. The maximum atomic E-state index is 2.29. The average Bonchev–Trinajstić information content (AvgIpc) is 2.05. The average molecular weight is 148 g/mol. The van der Waals surface area contributed by atoms with Crippen LogP contribution in [0.15, 0.2) is 30.3 Å². The SMILES string of the molecule is CC([CH2][AlH2])c1ccccc1. The molecule has 0 aliphatic rings. The largest absolute Gasteiger partial charge is 0.212 e. The van der Waals surface area contributed by atoms with Crippen molar-refractivity contribution in [1.82, 2.24) is 0 Å². The number of benzene rings is 1. The Bertz CT molecular complexity index is 181. The first-order valence-electron chi connectivity index (χ1n) is 3.89. The van der Waals surface area contributed by atoms with Crippen molar-refractivity contribution >= 4 is 16.3 Å². The third-order valence-electron chi connectivity index (χ3n) is 1.98. The fourth-order valence-corrected chi connectivity index (χ4v) is 1.49. The van der Waals surface area contributed by atoms with Crippen LogP contribution in [0.4, 0.5) is 0 Å². The highest BCUT2D eigenvalue weighted by molar-refractivity contribution is 6.09. The van der Waals surface area contributed by atoms with E-state index in [4.69, 9.17) is 0 Å². The lowest BCUT2D eigenvalue weighted by molar-refractivity contribution is 0.864. The fraction of sp³-hybridized carbons (Fsp3) is 0.333. The van der Waals surface area contributed by atoms with E-state index < -0.39 is 0 Å². The lowest BCUT2D eigenvalue weighted by atomic mass is 10.0. The normalized spacial score (nSPS) is 12.9. The molecule has 0 N–H and O–H groups in total. The highest BCUT2D eigenvalue weighted by atomic mass is 27.0. The van der Waals surface area contributed by atoms with Crippen LogP contribution < -0.4 is 0 Å². The minimum absolute atomic E-state index is 0.771. The predicted octanol–water partition coefficient (Wildman–Crippen LogP) is 1.84.